The number of carbonyl (C=O) groups is 3. The van der Waals surface area contributed by atoms with Crippen molar-refractivity contribution < 1.29 is 19.5 Å². The summed E-state index contributed by atoms with van der Waals surface area (Å²) in [6, 6.07) is 8.43. The number of aromatic nitrogens is 1. The van der Waals surface area contributed by atoms with Crippen molar-refractivity contribution >= 4 is 70.2 Å². The number of carboxylic acid groups (broad SMARTS) is 1. The monoisotopic (exact) mass is 495 g/mol. The lowest BCUT2D eigenvalue weighted by atomic mass is 10.0. The first-order valence-electron chi connectivity index (χ1n) is 9.09. The van der Waals surface area contributed by atoms with Gasteiger partial charge >= 0.3 is 5.97 Å². The highest BCUT2D eigenvalue weighted by Crippen LogP contribution is 2.41. The van der Waals surface area contributed by atoms with Crippen LogP contribution in [0.1, 0.15) is 10.4 Å². The maximum absolute atomic E-state index is 12.7. The third kappa shape index (κ3) is 4.50. The Balaban J connectivity index is 1.49. The van der Waals surface area contributed by atoms with Crippen LogP contribution in [-0.2, 0) is 20.8 Å². The molecule has 11 heteroatoms. The second-order valence-corrected chi connectivity index (χ2v) is 9.83. The number of benzene rings is 1. The van der Waals surface area contributed by atoms with Gasteiger partial charge in [0, 0.05) is 5.75 Å². The van der Waals surface area contributed by atoms with Gasteiger partial charge in [0.1, 0.15) is 22.3 Å². The van der Waals surface area contributed by atoms with Crippen molar-refractivity contribution in [3.05, 3.63) is 67.7 Å². The van der Waals surface area contributed by atoms with Gasteiger partial charge in [-0.15, -0.1) is 23.1 Å². The fraction of sp³-hybridized carbons (Fsp3) is 0.200. The van der Waals surface area contributed by atoms with Gasteiger partial charge in [0.05, 0.1) is 11.3 Å². The number of halogens is 2. The number of hydrogen-bond acceptors (Lipinski definition) is 6. The molecule has 2 aliphatic rings. The fourth-order valence-electron chi connectivity index (χ4n) is 3.34. The molecule has 31 heavy (non-hydrogen) atoms. The van der Waals surface area contributed by atoms with Crippen molar-refractivity contribution in [3.63, 3.8) is 0 Å². The SMILES string of the molecule is O=C(Cc1ccccc1)NC1C(=O)N2C(C(=O)O)=C(/C=C/c3sc(Cl)nc3Cl)CS[C@H]12. The third-order valence-corrected chi connectivity index (χ3v) is 7.57. The summed E-state index contributed by atoms with van der Waals surface area (Å²) >= 11 is 14.4. The molecule has 2 aromatic rings. The molecule has 0 bridgehead atoms. The van der Waals surface area contributed by atoms with Gasteiger partial charge in [0.2, 0.25) is 5.91 Å². The summed E-state index contributed by atoms with van der Waals surface area (Å²) in [6.45, 7) is 0. The van der Waals surface area contributed by atoms with Crippen LogP contribution < -0.4 is 5.32 Å². The molecule has 3 heterocycles. The number of amides is 2. The highest BCUT2D eigenvalue weighted by molar-refractivity contribution is 8.00. The molecule has 0 saturated carbocycles. The first-order valence-corrected chi connectivity index (χ1v) is 11.7. The van der Waals surface area contributed by atoms with Crippen LogP contribution in [0.4, 0.5) is 0 Å². The lowest BCUT2D eigenvalue weighted by molar-refractivity contribution is -0.150. The largest absolute Gasteiger partial charge is 0.477 e. The van der Waals surface area contributed by atoms with Gasteiger partial charge in [0.25, 0.3) is 5.91 Å². The highest BCUT2D eigenvalue weighted by Gasteiger charge is 2.53. The first kappa shape index (κ1) is 21.9. The summed E-state index contributed by atoms with van der Waals surface area (Å²) in [5, 5.41) is 12.2. The minimum absolute atomic E-state index is 0.0923. The van der Waals surface area contributed by atoms with Crippen LogP contribution in [-0.4, -0.2) is 49.9 Å². The van der Waals surface area contributed by atoms with E-state index >= 15 is 0 Å². The zero-order valence-electron chi connectivity index (χ0n) is 15.7. The van der Waals surface area contributed by atoms with Crippen molar-refractivity contribution in [2.45, 2.75) is 17.8 Å². The number of thioether (sulfide) groups is 1. The van der Waals surface area contributed by atoms with Gasteiger partial charge in [-0.3, -0.25) is 14.5 Å². The molecule has 1 aromatic heterocycles. The normalized spacial score (nSPS) is 20.6. The maximum atomic E-state index is 12.7. The Labute approximate surface area is 195 Å². The summed E-state index contributed by atoms with van der Waals surface area (Å²) in [7, 11) is 0. The minimum Gasteiger partial charge on any atom is -0.477 e. The first-order chi connectivity index (χ1) is 14.8. The molecule has 1 unspecified atom stereocenters. The Hall–Kier alpha value is -2.33. The van der Waals surface area contributed by atoms with Crippen LogP contribution in [0.15, 0.2) is 47.7 Å². The number of rotatable bonds is 6. The van der Waals surface area contributed by atoms with Gasteiger partial charge in [-0.05, 0) is 17.2 Å². The van der Waals surface area contributed by atoms with E-state index in [-0.39, 0.29) is 27.6 Å². The van der Waals surface area contributed by atoms with E-state index in [0.717, 1.165) is 5.56 Å². The van der Waals surface area contributed by atoms with E-state index in [1.165, 1.54) is 28.0 Å². The number of nitrogens with one attached hydrogen (secondary N) is 1. The Morgan fingerprint density at radius 1 is 1.26 bits per heavy atom. The van der Waals surface area contributed by atoms with Crippen molar-refractivity contribution in [3.8, 4) is 0 Å². The number of hydrogen-bond donors (Lipinski definition) is 2. The highest BCUT2D eigenvalue weighted by atomic mass is 35.5. The topological polar surface area (TPSA) is 99.6 Å². The predicted octanol–water partition coefficient (Wildman–Crippen LogP) is 3.44. The van der Waals surface area contributed by atoms with Crippen LogP contribution >= 0.6 is 46.3 Å². The van der Waals surface area contributed by atoms with E-state index in [0.29, 0.717) is 16.2 Å². The molecule has 0 aliphatic carbocycles. The van der Waals surface area contributed by atoms with E-state index in [2.05, 4.69) is 10.3 Å². The van der Waals surface area contributed by atoms with Gasteiger partial charge in [-0.25, -0.2) is 9.78 Å². The molecule has 7 nitrogen and oxygen atoms in total. The number of fused-ring (bicyclic) bond motifs is 1. The molecule has 2 atom stereocenters. The van der Waals surface area contributed by atoms with Crippen LogP contribution in [0.5, 0.6) is 0 Å². The zero-order valence-corrected chi connectivity index (χ0v) is 18.9. The van der Waals surface area contributed by atoms with Gasteiger partial charge in [-0.1, -0.05) is 59.6 Å². The Bertz CT molecular complexity index is 1120. The van der Waals surface area contributed by atoms with Crippen LogP contribution in [0.3, 0.4) is 0 Å². The van der Waals surface area contributed by atoms with Crippen LogP contribution in [0, 0.1) is 0 Å². The second kappa shape index (κ2) is 9.04. The number of β-lactam (4-membered cyclic amide) rings is 1. The molecule has 1 fully saturated rings. The predicted molar refractivity (Wildman–Crippen MR) is 121 cm³/mol. The summed E-state index contributed by atoms with van der Waals surface area (Å²) in [4.78, 5) is 42.7. The molecule has 1 aromatic carbocycles. The fourth-order valence-corrected chi connectivity index (χ4v) is 5.94. The van der Waals surface area contributed by atoms with E-state index in [1.807, 2.05) is 30.3 Å². The smallest absolute Gasteiger partial charge is 0.352 e. The summed E-state index contributed by atoms with van der Waals surface area (Å²) < 4.78 is 0.280. The average molecular weight is 496 g/mol. The Kier molecular flexibility index (Phi) is 6.38. The molecule has 4 rings (SSSR count). The van der Waals surface area contributed by atoms with Crippen molar-refractivity contribution in [1.29, 1.82) is 0 Å². The number of carbonyl (C=O) groups excluding carboxylic acids is 2. The van der Waals surface area contributed by atoms with E-state index in [4.69, 9.17) is 23.2 Å². The maximum Gasteiger partial charge on any atom is 0.352 e. The molecule has 0 spiro atoms. The third-order valence-electron chi connectivity index (χ3n) is 4.74. The van der Waals surface area contributed by atoms with Crippen molar-refractivity contribution in [1.82, 2.24) is 15.2 Å². The minimum atomic E-state index is -1.21. The second-order valence-electron chi connectivity index (χ2n) is 6.75. The quantitative estimate of drug-likeness (QED) is 0.595. The zero-order chi connectivity index (χ0) is 22.1. The van der Waals surface area contributed by atoms with E-state index < -0.39 is 23.3 Å². The number of aliphatic carboxylic acids is 1. The van der Waals surface area contributed by atoms with Gasteiger partial charge in [0.15, 0.2) is 4.47 Å². The van der Waals surface area contributed by atoms with E-state index in [9.17, 15) is 19.5 Å². The molecule has 2 amide bonds. The summed E-state index contributed by atoms with van der Waals surface area (Å²) in [5.74, 6) is -1.57. The molecular formula is C20H15Cl2N3O4S2. The lowest BCUT2D eigenvalue weighted by Gasteiger charge is -2.49. The number of thiazole rings is 1. The summed E-state index contributed by atoms with van der Waals surface area (Å²) in [6.07, 6.45) is 3.39. The van der Waals surface area contributed by atoms with Crippen LogP contribution in [0.25, 0.3) is 6.08 Å². The molecule has 2 aliphatic heterocycles. The number of carboxylic acids is 1. The summed E-state index contributed by atoms with van der Waals surface area (Å²) in [5.41, 5.74) is 1.21. The number of nitrogens with zero attached hydrogens (tertiary/aromatic N) is 2. The van der Waals surface area contributed by atoms with Crippen molar-refractivity contribution in [2.24, 2.45) is 0 Å². The number of allylic oxidation sites excluding steroid dienone is 1. The molecular weight excluding hydrogens is 481 g/mol. The standard InChI is InChI=1S/C20H15Cl2N3O4S2/c21-16-12(31-20(22)24-16)7-6-11-9-30-18-14(17(27)25(18)15(11)19(28)29)23-13(26)8-10-4-2-1-3-5-10/h1-7,14,18H,8-9H2,(H,23,26)(H,28,29)/b7-6+/t14?,18-/m1/s1. The molecule has 160 valence electrons. The van der Waals surface area contributed by atoms with Crippen LogP contribution in [0.2, 0.25) is 9.62 Å². The Morgan fingerprint density at radius 3 is 2.65 bits per heavy atom. The molecule has 0 radical (unpaired) electrons. The average Bonchev–Trinajstić information content (AvgIpc) is 3.07. The van der Waals surface area contributed by atoms with Crippen molar-refractivity contribution in [2.75, 3.05) is 5.75 Å². The van der Waals surface area contributed by atoms with Gasteiger partial charge < -0.3 is 10.4 Å². The van der Waals surface area contributed by atoms with Gasteiger partial charge in [-0.2, -0.15) is 0 Å². The lowest BCUT2D eigenvalue weighted by Crippen LogP contribution is -2.70. The Morgan fingerprint density at radius 2 is 2.00 bits per heavy atom. The van der Waals surface area contributed by atoms with E-state index in [1.54, 1.807) is 12.2 Å². The molecule has 1 saturated heterocycles. The molecule has 2 N–H and O–H groups in total.